The summed E-state index contributed by atoms with van der Waals surface area (Å²) in [6.07, 6.45) is 9.05. The van der Waals surface area contributed by atoms with Gasteiger partial charge in [0.1, 0.15) is 12.1 Å². The summed E-state index contributed by atoms with van der Waals surface area (Å²) in [5, 5.41) is 4.11. The fourth-order valence-corrected chi connectivity index (χ4v) is 5.33. The second-order valence-corrected chi connectivity index (χ2v) is 7.93. The zero-order valence-electron chi connectivity index (χ0n) is 14.9. The van der Waals surface area contributed by atoms with Crippen LogP contribution < -0.4 is 4.90 Å². The molecule has 0 N–H and O–H groups in total. The van der Waals surface area contributed by atoms with E-state index in [1.807, 2.05) is 0 Å². The van der Waals surface area contributed by atoms with Crippen molar-refractivity contribution in [3.05, 3.63) is 12.4 Å². The largest absolute Gasteiger partial charge is 0.328 e. The van der Waals surface area contributed by atoms with Crippen molar-refractivity contribution >= 4 is 23.5 Å². The van der Waals surface area contributed by atoms with Crippen LogP contribution in [-0.4, -0.2) is 62.1 Å². The SMILES string of the molecule is Cn1cc(N2CCC(N3C(=O)C4CC5CCCCC5N4C3=O)C2=O)cn1. The Kier molecular flexibility index (Phi) is 3.39. The number of urea groups is 1. The zero-order chi connectivity index (χ0) is 18.0. The highest BCUT2D eigenvalue weighted by Gasteiger charge is 2.58. The summed E-state index contributed by atoms with van der Waals surface area (Å²) >= 11 is 0. The molecule has 1 aromatic rings. The molecule has 8 heteroatoms. The summed E-state index contributed by atoms with van der Waals surface area (Å²) in [5.74, 6) is 0.104. The molecule has 4 heterocycles. The molecule has 5 rings (SSSR count). The molecule has 3 aliphatic heterocycles. The van der Waals surface area contributed by atoms with Gasteiger partial charge in [-0.05, 0) is 31.6 Å². The lowest BCUT2D eigenvalue weighted by Gasteiger charge is -2.31. The predicted octanol–water partition coefficient (Wildman–Crippen LogP) is 1.12. The third kappa shape index (κ3) is 2.07. The smallest absolute Gasteiger partial charge is 0.309 e. The molecule has 4 atom stereocenters. The van der Waals surface area contributed by atoms with Gasteiger partial charge in [-0.2, -0.15) is 5.10 Å². The summed E-state index contributed by atoms with van der Waals surface area (Å²) < 4.78 is 1.64. The molecule has 1 aliphatic carbocycles. The van der Waals surface area contributed by atoms with E-state index in [4.69, 9.17) is 0 Å². The minimum atomic E-state index is -0.678. The number of aryl methyl sites for hydroxylation is 1. The van der Waals surface area contributed by atoms with E-state index in [1.54, 1.807) is 33.9 Å². The van der Waals surface area contributed by atoms with Crippen LogP contribution in [0, 0.1) is 5.92 Å². The summed E-state index contributed by atoms with van der Waals surface area (Å²) in [4.78, 5) is 43.7. The molecule has 26 heavy (non-hydrogen) atoms. The fraction of sp³-hybridized carbons (Fsp3) is 0.667. The number of carbonyl (C=O) groups excluding carboxylic acids is 3. The third-order valence-electron chi connectivity index (χ3n) is 6.53. The first-order chi connectivity index (χ1) is 12.6. The zero-order valence-corrected chi connectivity index (χ0v) is 14.9. The van der Waals surface area contributed by atoms with Gasteiger partial charge in [-0.3, -0.25) is 14.3 Å². The van der Waals surface area contributed by atoms with Gasteiger partial charge in [-0.25, -0.2) is 9.69 Å². The Hall–Kier alpha value is -2.38. The van der Waals surface area contributed by atoms with Crippen molar-refractivity contribution < 1.29 is 14.4 Å². The van der Waals surface area contributed by atoms with Gasteiger partial charge in [0.05, 0.1) is 11.9 Å². The Morgan fingerprint density at radius 1 is 1.04 bits per heavy atom. The number of nitrogens with zero attached hydrogens (tertiary/aromatic N) is 5. The predicted molar refractivity (Wildman–Crippen MR) is 92.2 cm³/mol. The molecule has 4 amide bonds. The Morgan fingerprint density at radius 3 is 2.62 bits per heavy atom. The Balaban J connectivity index is 1.39. The minimum Gasteiger partial charge on any atom is -0.309 e. The maximum atomic E-state index is 13.1. The molecule has 3 saturated heterocycles. The highest BCUT2D eigenvalue weighted by atomic mass is 16.2. The van der Waals surface area contributed by atoms with E-state index in [2.05, 4.69) is 5.10 Å². The number of carbonyl (C=O) groups is 3. The Bertz CT molecular complexity index is 790. The number of hydrogen-bond acceptors (Lipinski definition) is 4. The summed E-state index contributed by atoms with van der Waals surface area (Å²) in [6, 6.07) is -1.10. The van der Waals surface area contributed by atoms with Crippen molar-refractivity contribution in [3.8, 4) is 0 Å². The Morgan fingerprint density at radius 2 is 1.85 bits per heavy atom. The number of anilines is 1. The van der Waals surface area contributed by atoms with Gasteiger partial charge in [0.25, 0.3) is 11.8 Å². The highest BCUT2D eigenvalue weighted by Crippen LogP contribution is 2.44. The van der Waals surface area contributed by atoms with Crippen LogP contribution in [0.4, 0.5) is 10.5 Å². The first-order valence-electron chi connectivity index (χ1n) is 9.51. The summed E-state index contributed by atoms with van der Waals surface area (Å²) in [5.41, 5.74) is 0.715. The Labute approximate surface area is 151 Å². The van der Waals surface area contributed by atoms with E-state index >= 15 is 0 Å². The first kappa shape index (κ1) is 15.8. The molecule has 138 valence electrons. The van der Waals surface area contributed by atoms with Crippen LogP contribution in [-0.2, 0) is 16.6 Å². The molecule has 8 nitrogen and oxygen atoms in total. The van der Waals surface area contributed by atoms with Gasteiger partial charge in [-0.1, -0.05) is 12.8 Å². The minimum absolute atomic E-state index is 0.171. The summed E-state index contributed by atoms with van der Waals surface area (Å²) in [7, 11) is 1.80. The van der Waals surface area contributed by atoms with E-state index in [0.717, 1.165) is 25.7 Å². The van der Waals surface area contributed by atoms with Gasteiger partial charge in [0, 0.05) is 25.8 Å². The van der Waals surface area contributed by atoms with Crippen molar-refractivity contribution in [1.29, 1.82) is 0 Å². The van der Waals surface area contributed by atoms with Gasteiger partial charge in [0.2, 0.25) is 0 Å². The highest BCUT2D eigenvalue weighted by molar-refractivity contribution is 6.11. The summed E-state index contributed by atoms with van der Waals surface area (Å²) in [6.45, 7) is 0.503. The number of rotatable bonds is 2. The number of imide groups is 1. The number of aromatic nitrogens is 2. The van der Waals surface area contributed by atoms with Crippen molar-refractivity contribution in [2.75, 3.05) is 11.4 Å². The molecule has 0 spiro atoms. The molecular weight excluding hydrogens is 334 g/mol. The number of fused-ring (bicyclic) bond motifs is 3. The van der Waals surface area contributed by atoms with E-state index < -0.39 is 6.04 Å². The molecule has 4 aliphatic rings. The van der Waals surface area contributed by atoms with Crippen LogP contribution in [0.25, 0.3) is 0 Å². The molecule has 1 saturated carbocycles. The maximum absolute atomic E-state index is 13.1. The van der Waals surface area contributed by atoms with Crippen LogP contribution in [0.15, 0.2) is 12.4 Å². The maximum Gasteiger partial charge on any atom is 0.328 e. The third-order valence-corrected chi connectivity index (χ3v) is 6.53. The molecular formula is C18H23N5O3. The van der Waals surface area contributed by atoms with Gasteiger partial charge >= 0.3 is 6.03 Å². The number of amides is 4. The van der Waals surface area contributed by atoms with E-state index in [1.165, 1.54) is 11.3 Å². The molecule has 0 radical (unpaired) electrons. The lowest BCUT2D eigenvalue weighted by molar-refractivity contribution is -0.134. The fourth-order valence-electron chi connectivity index (χ4n) is 5.33. The molecule has 0 bridgehead atoms. The van der Waals surface area contributed by atoms with E-state index in [9.17, 15) is 14.4 Å². The van der Waals surface area contributed by atoms with Gasteiger partial charge in [-0.15, -0.1) is 0 Å². The lowest BCUT2D eigenvalue weighted by Crippen LogP contribution is -2.48. The van der Waals surface area contributed by atoms with Crippen molar-refractivity contribution in [2.24, 2.45) is 13.0 Å². The first-order valence-corrected chi connectivity index (χ1v) is 9.51. The van der Waals surface area contributed by atoms with Crippen molar-refractivity contribution in [3.63, 3.8) is 0 Å². The normalized spacial score (nSPS) is 34.0. The second-order valence-electron chi connectivity index (χ2n) is 7.93. The molecule has 0 aromatic carbocycles. The average molecular weight is 357 g/mol. The van der Waals surface area contributed by atoms with E-state index in [0.29, 0.717) is 24.6 Å². The molecule has 4 fully saturated rings. The van der Waals surface area contributed by atoms with Crippen LogP contribution in [0.3, 0.4) is 0 Å². The monoisotopic (exact) mass is 357 g/mol. The van der Waals surface area contributed by atoms with Gasteiger partial charge < -0.3 is 9.80 Å². The van der Waals surface area contributed by atoms with Crippen LogP contribution in [0.2, 0.25) is 0 Å². The van der Waals surface area contributed by atoms with Crippen LogP contribution in [0.5, 0.6) is 0 Å². The quantitative estimate of drug-likeness (QED) is 0.743. The number of hydrogen-bond donors (Lipinski definition) is 0. The topological polar surface area (TPSA) is 78.8 Å². The second kappa shape index (κ2) is 5.56. The van der Waals surface area contributed by atoms with Crippen LogP contribution in [0.1, 0.15) is 38.5 Å². The van der Waals surface area contributed by atoms with Gasteiger partial charge in [0.15, 0.2) is 0 Å². The molecule has 1 aromatic heterocycles. The molecule has 4 unspecified atom stereocenters. The standard InChI is InChI=1S/C18H23N5O3/c1-20-10-12(9-19-20)21-7-6-14(16(21)24)23-17(25)15-8-11-4-2-3-5-13(11)22(15)18(23)26/h9-11,13-15H,2-8H2,1H3. The van der Waals surface area contributed by atoms with Crippen molar-refractivity contribution in [1.82, 2.24) is 19.6 Å². The van der Waals surface area contributed by atoms with E-state index in [-0.39, 0.29) is 29.9 Å². The van der Waals surface area contributed by atoms with Crippen molar-refractivity contribution in [2.45, 2.75) is 56.7 Å². The van der Waals surface area contributed by atoms with Crippen LogP contribution >= 0.6 is 0 Å². The average Bonchev–Trinajstić information content (AvgIpc) is 3.35. The lowest BCUT2D eigenvalue weighted by atomic mass is 9.84.